The molecule has 0 aliphatic heterocycles. The molecule has 1 aromatic carbocycles. The molecule has 0 spiro atoms. The number of hydrogen-bond acceptors (Lipinski definition) is 2. The van der Waals surface area contributed by atoms with E-state index in [9.17, 15) is 0 Å². The van der Waals surface area contributed by atoms with E-state index in [1.165, 1.54) is 0 Å². The Bertz CT molecular complexity index is 356. The Morgan fingerprint density at radius 2 is 1.92 bits per heavy atom. The number of fused-ring (bicyclic) bond motifs is 1. The number of hydrogen-bond donors (Lipinski definition) is 0. The molecule has 1 heterocycles. The Hall–Kier alpha value is -0.276. The van der Waals surface area contributed by atoms with E-state index in [4.69, 9.17) is 0 Å². The van der Waals surface area contributed by atoms with E-state index in [0.29, 0.717) is 0 Å². The van der Waals surface area contributed by atoms with E-state index in [-0.39, 0.29) is 40.1 Å². The molecule has 0 saturated heterocycles. The van der Waals surface area contributed by atoms with Crippen LogP contribution in [-0.4, -0.2) is 15.0 Å². The molecule has 0 bridgehead atoms. The van der Waals surface area contributed by atoms with Crippen molar-refractivity contribution in [2.75, 3.05) is 0 Å². The normalized spacial score (nSPS) is 8.75. The van der Waals surface area contributed by atoms with Gasteiger partial charge in [0.25, 0.3) is 0 Å². The van der Waals surface area contributed by atoms with Crippen molar-refractivity contribution in [1.29, 1.82) is 0 Å². The van der Waals surface area contributed by atoms with Crippen LogP contribution in [0, 0.1) is 7.43 Å². The van der Waals surface area contributed by atoms with Gasteiger partial charge < -0.3 is 7.43 Å². The third-order valence-electron chi connectivity index (χ3n) is 1.52. The second-order valence-corrected chi connectivity index (χ2v) is 2.20. The van der Waals surface area contributed by atoms with Gasteiger partial charge in [-0.2, -0.15) is 0 Å². The first-order chi connectivity index (χ1) is 4.88. The summed E-state index contributed by atoms with van der Waals surface area (Å²) in [6.07, 6.45) is 0. The first-order valence-corrected chi connectivity index (χ1v) is 3.12. The zero-order chi connectivity index (χ0) is 6.97. The smallest absolute Gasteiger partial charge is 0.113 e. The molecule has 0 aliphatic rings. The summed E-state index contributed by atoms with van der Waals surface area (Å²) in [5, 5.41) is 7.79. The molecule has 4 heteroatoms. The molecule has 0 fully saturated rings. The van der Waals surface area contributed by atoms with Crippen LogP contribution in [0.2, 0.25) is 0 Å². The third-order valence-corrected chi connectivity index (χ3v) is 1.52. The largest absolute Gasteiger partial charge is 0.358 e. The molecule has 1 aromatic heterocycles. The topological polar surface area (TPSA) is 30.7 Å². The van der Waals surface area contributed by atoms with Crippen LogP contribution < -0.4 is 0 Å². The Morgan fingerprint density at radius 3 is 2.58 bits per heavy atom. The van der Waals surface area contributed by atoms with Gasteiger partial charge in [0, 0.05) is 39.8 Å². The fraction of sp³-hybridized carbons (Fsp3) is 0.125. The van der Waals surface area contributed by atoms with Crippen LogP contribution >= 0.6 is 0 Å². The fourth-order valence-electron chi connectivity index (χ4n) is 0.986. The summed E-state index contributed by atoms with van der Waals surface area (Å²) < 4.78 is 1.76. The van der Waals surface area contributed by atoms with Crippen LogP contribution in [0.4, 0.5) is 0 Å². The first-order valence-electron chi connectivity index (χ1n) is 3.12. The zero-order valence-corrected chi connectivity index (χ0v) is 10.1. The van der Waals surface area contributed by atoms with Gasteiger partial charge in [0.15, 0.2) is 0 Å². The van der Waals surface area contributed by atoms with Crippen molar-refractivity contribution in [3.63, 3.8) is 0 Å². The summed E-state index contributed by atoms with van der Waals surface area (Å²) >= 11 is 0. The number of para-hydroxylation sites is 1. The van der Waals surface area contributed by atoms with Crippen molar-refractivity contribution in [3.8, 4) is 0 Å². The van der Waals surface area contributed by atoms with E-state index in [0.717, 1.165) is 11.0 Å². The first kappa shape index (κ1) is 11.7. The maximum Gasteiger partial charge on any atom is 0.113 e. The molecule has 2 aromatic rings. The predicted octanol–water partition coefficient (Wildman–Crippen LogP) is 1.42. The van der Waals surface area contributed by atoms with Crippen molar-refractivity contribution >= 4 is 11.0 Å². The van der Waals surface area contributed by atoms with Crippen LogP contribution in [0.1, 0.15) is 0 Å². The predicted molar refractivity (Wildman–Crippen MR) is 44.9 cm³/mol. The van der Waals surface area contributed by atoms with Crippen molar-refractivity contribution in [3.05, 3.63) is 31.7 Å². The van der Waals surface area contributed by atoms with E-state index >= 15 is 0 Å². The quantitative estimate of drug-likeness (QED) is 0.648. The van der Waals surface area contributed by atoms with Gasteiger partial charge in [-0.15, -0.1) is 5.10 Å². The Morgan fingerprint density at radius 1 is 1.25 bits per heavy atom. The maximum absolute atomic E-state index is 3.93. The summed E-state index contributed by atoms with van der Waals surface area (Å²) in [7, 11) is 1.88. The molecule has 2 rings (SSSR count). The van der Waals surface area contributed by atoms with Crippen LogP contribution in [0.3, 0.4) is 0 Å². The van der Waals surface area contributed by atoms with Crippen molar-refractivity contribution in [2.24, 2.45) is 7.05 Å². The molecule has 0 amide bonds. The fourth-order valence-corrected chi connectivity index (χ4v) is 0.986. The van der Waals surface area contributed by atoms with E-state index in [1.54, 1.807) is 4.68 Å². The average molecular weight is 237 g/mol. The zero-order valence-electron chi connectivity index (χ0n) is 7.23. The van der Waals surface area contributed by atoms with E-state index < -0.39 is 0 Å². The molecule has 0 saturated carbocycles. The second kappa shape index (κ2) is 4.68. The standard InChI is InChI=1S/C7H7N3.CH3.Y/c1-10-7-5-3-2-4-6(7)8-9-10;;/h2-5H,1H3;1H3;/q;-1;. The minimum Gasteiger partial charge on any atom is -0.358 e. The van der Waals surface area contributed by atoms with Gasteiger partial charge in [-0.25, -0.2) is 4.68 Å². The number of rotatable bonds is 0. The van der Waals surface area contributed by atoms with E-state index in [2.05, 4.69) is 10.3 Å². The molecule has 3 nitrogen and oxygen atoms in total. The summed E-state index contributed by atoms with van der Waals surface area (Å²) in [4.78, 5) is 0. The van der Waals surface area contributed by atoms with Crippen molar-refractivity contribution < 1.29 is 32.7 Å². The van der Waals surface area contributed by atoms with Gasteiger partial charge in [0.2, 0.25) is 0 Å². The molecule has 0 unspecified atom stereocenters. The van der Waals surface area contributed by atoms with Gasteiger partial charge in [-0.05, 0) is 12.1 Å². The number of aromatic nitrogens is 3. The van der Waals surface area contributed by atoms with E-state index in [1.807, 2.05) is 31.3 Å². The Kier molecular flexibility index (Phi) is 4.57. The monoisotopic (exact) mass is 237 g/mol. The summed E-state index contributed by atoms with van der Waals surface area (Å²) in [6.45, 7) is 0. The van der Waals surface area contributed by atoms with Crippen LogP contribution in [-0.2, 0) is 39.8 Å². The van der Waals surface area contributed by atoms with Gasteiger partial charge in [0.1, 0.15) is 5.52 Å². The SMILES string of the molecule is Cn1nnc2ccccc21.[CH3-].[Y]. The number of nitrogens with zero attached hydrogens (tertiary/aromatic N) is 3. The van der Waals surface area contributed by atoms with Crippen LogP contribution in [0.15, 0.2) is 24.3 Å². The van der Waals surface area contributed by atoms with Gasteiger partial charge >= 0.3 is 0 Å². The van der Waals surface area contributed by atoms with Crippen molar-refractivity contribution in [1.82, 2.24) is 15.0 Å². The minimum absolute atomic E-state index is 0. The molecule has 0 N–H and O–H groups in total. The Labute approximate surface area is 97.0 Å². The second-order valence-electron chi connectivity index (χ2n) is 2.20. The van der Waals surface area contributed by atoms with Crippen LogP contribution in [0.5, 0.6) is 0 Å². The summed E-state index contributed by atoms with van der Waals surface area (Å²) in [6, 6.07) is 7.88. The molecule has 0 atom stereocenters. The van der Waals surface area contributed by atoms with Gasteiger partial charge in [-0.3, -0.25) is 0 Å². The molecule has 0 aliphatic carbocycles. The molecular formula is C8H10N3Y-. The van der Waals surface area contributed by atoms with Crippen molar-refractivity contribution in [2.45, 2.75) is 0 Å². The van der Waals surface area contributed by atoms with Gasteiger partial charge in [-0.1, -0.05) is 17.3 Å². The maximum atomic E-state index is 3.93. The number of benzene rings is 1. The minimum atomic E-state index is 0. The molecule has 61 valence electrons. The molecular weight excluding hydrogens is 227 g/mol. The summed E-state index contributed by atoms with van der Waals surface area (Å²) in [5.41, 5.74) is 2.02. The number of aryl methyl sites for hydroxylation is 1. The van der Waals surface area contributed by atoms with Crippen LogP contribution in [0.25, 0.3) is 11.0 Å². The van der Waals surface area contributed by atoms with Gasteiger partial charge in [0.05, 0.1) is 5.52 Å². The molecule has 1 radical (unpaired) electrons. The average Bonchev–Trinajstić information content (AvgIpc) is 2.34. The summed E-state index contributed by atoms with van der Waals surface area (Å²) in [5.74, 6) is 0. The Balaban J connectivity index is 0.000000605. The molecule has 12 heavy (non-hydrogen) atoms. The third kappa shape index (κ3) is 1.90.